The number of benzene rings is 6. The number of hydrogen-bond acceptors (Lipinski definition) is 20. The number of phenols is 2. The van der Waals surface area contributed by atoms with Gasteiger partial charge in [-0.15, -0.1) is 9.97 Å². The Morgan fingerprint density at radius 3 is 0.795 bits per heavy atom. The summed E-state index contributed by atoms with van der Waals surface area (Å²) in [6.07, 6.45) is 3.43. The van der Waals surface area contributed by atoms with Crippen LogP contribution >= 0.6 is 0 Å². The van der Waals surface area contributed by atoms with Crippen LogP contribution in [0.2, 0.25) is 0 Å². The molecular formula is C50H46N8O12S3. The number of phenolic OH excluding ortho intramolecular Hbond substituents is 2. The Morgan fingerprint density at radius 1 is 0.356 bits per heavy atom. The third-order valence-electron chi connectivity index (χ3n) is 10.5. The van der Waals surface area contributed by atoms with Crippen LogP contribution in [0.3, 0.4) is 0 Å². The highest BCUT2D eigenvalue weighted by Gasteiger charge is 2.22. The number of hydrogen-bond donors (Lipinski definition) is 4. The number of anilines is 2. The first-order chi connectivity index (χ1) is 35.1. The summed E-state index contributed by atoms with van der Waals surface area (Å²) in [6.45, 7) is 5.12. The molecule has 0 saturated heterocycles. The average Bonchev–Trinajstić information content (AvgIpc) is 3.37. The fraction of sp³-hybridized carbons (Fsp3) is 0.160. The summed E-state index contributed by atoms with van der Waals surface area (Å²) in [6, 6.07) is 32.2. The van der Waals surface area contributed by atoms with Crippen LogP contribution in [0.1, 0.15) is 39.5 Å². The Balaban J connectivity index is 0.939. The number of sulfone groups is 3. The summed E-state index contributed by atoms with van der Waals surface area (Å²) in [5.74, 6) is 0.995. The van der Waals surface area contributed by atoms with Crippen molar-refractivity contribution in [3.8, 4) is 58.5 Å². The zero-order valence-corrected chi connectivity index (χ0v) is 41.4. The van der Waals surface area contributed by atoms with Crippen molar-refractivity contribution >= 4 is 41.4 Å². The highest BCUT2D eigenvalue weighted by Crippen LogP contribution is 2.32. The molecule has 0 amide bonds. The maximum atomic E-state index is 13.8. The molecule has 20 nitrogen and oxygen atoms in total. The van der Waals surface area contributed by atoms with Gasteiger partial charge in [0.2, 0.25) is 41.4 Å². The molecule has 0 aliphatic rings. The van der Waals surface area contributed by atoms with Crippen molar-refractivity contribution in [1.82, 2.24) is 29.9 Å². The van der Waals surface area contributed by atoms with Crippen molar-refractivity contribution in [3.63, 3.8) is 0 Å². The van der Waals surface area contributed by atoms with Crippen LogP contribution in [0.15, 0.2) is 175 Å². The van der Waals surface area contributed by atoms with Gasteiger partial charge in [0, 0.05) is 13.1 Å². The molecule has 0 atom stereocenters. The SMILES string of the molecule is CCCCNc1nc(Oc2ccc(S(=O)(=O)c3ccc(O)cc3)cc2)nc(Oc2ccc(S(=O)(=O)c3ccc(Oc4nc(NCCCC)nc(Oc5ccc(S(=O)(=O)c6ccc(O)cc6)cc5)n4)cc3)cc2)n1. The molecule has 8 rings (SSSR count). The van der Waals surface area contributed by atoms with E-state index in [0.29, 0.717) is 13.1 Å². The average molecular weight is 1050 g/mol. The molecule has 23 heteroatoms. The molecule has 4 N–H and O–H groups in total. The Morgan fingerprint density at radius 2 is 0.575 bits per heavy atom. The van der Waals surface area contributed by atoms with Gasteiger partial charge in [0.05, 0.1) is 29.4 Å². The molecule has 2 aromatic heterocycles. The smallest absolute Gasteiger partial charge is 0.330 e. The summed E-state index contributed by atoms with van der Waals surface area (Å²) in [5.41, 5.74) is 0. The second kappa shape index (κ2) is 22.3. The highest BCUT2D eigenvalue weighted by molar-refractivity contribution is 7.92. The number of aromatic hydroxyl groups is 2. The van der Waals surface area contributed by atoms with Gasteiger partial charge in [-0.1, -0.05) is 26.7 Å². The van der Waals surface area contributed by atoms with Crippen molar-refractivity contribution in [1.29, 1.82) is 0 Å². The molecule has 0 fully saturated rings. The lowest BCUT2D eigenvalue weighted by Gasteiger charge is -2.11. The minimum absolute atomic E-state index is 0.000398. The van der Waals surface area contributed by atoms with E-state index in [9.17, 15) is 35.5 Å². The third kappa shape index (κ3) is 12.7. The summed E-state index contributed by atoms with van der Waals surface area (Å²) in [4.78, 5) is 25.8. The van der Waals surface area contributed by atoms with Crippen molar-refractivity contribution in [2.24, 2.45) is 0 Å². The Kier molecular flexibility index (Phi) is 15.6. The van der Waals surface area contributed by atoms with Gasteiger partial charge < -0.3 is 39.8 Å². The van der Waals surface area contributed by atoms with E-state index in [2.05, 4.69) is 40.5 Å². The van der Waals surface area contributed by atoms with Gasteiger partial charge in [0.25, 0.3) is 0 Å². The van der Waals surface area contributed by atoms with Crippen LogP contribution < -0.4 is 29.6 Å². The molecule has 2 heterocycles. The van der Waals surface area contributed by atoms with E-state index in [1.165, 1.54) is 146 Å². The van der Waals surface area contributed by atoms with E-state index in [-0.39, 0.29) is 99.8 Å². The number of rotatable bonds is 22. The molecule has 0 unspecified atom stereocenters. The number of aromatic nitrogens is 6. The molecule has 8 aromatic rings. The first-order valence-electron chi connectivity index (χ1n) is 22.5. The number of ether oxygens (including phenoxy) is 4. The molecule has 0 bridgehead atoms. The fourth-order valence-electron chi connectivity index (χ4n) is 6.60. The highest BCUT2D eigenvalue weighted by atomic mass is 32.2. The molecule has 0 aliphatic heterocycles. The van der Waals surface area contributed by atoms with Gasteiger partial charge in [-0.05, 0) is 158 Å². The standard InChI is InChI=1S/C50H46N8O12S3/c1-3-5-31-51-45-53-47(67-35-11-23-41(24-12-35)71(61,62)39-19-7-33(59)8-20-39)57-49(55-45)69-37-15-27-43(28-16-37)73(65,66)44-29-17-38(18-30-44)70-50-56-46(52-32-6-4-2)54-48(58-50)68-36-13-25-42(26-14-36)72(63,64)40-21-9-34(60)10-22-40/h7-30,59-60H,3-6,31-32H2,1-2H3,(H,51,53,55,57)(H,52,54,56,58). The molecule has 73 heavy (non-hydrogen) atoms. The maximum absolute atomic E-state index is 13.8. The summed E-state index contributed by atoms with van der Waals surface area (Å²) in [5, 5.41) is 25.3. The van der Waals surface area contributed by atoms with Crippen LogP contribution in [0, 0.1) is 0 Å². The monoisotopic (exact) mass is 1050 g/mol. The maximum Gasteiger partial charge on any atom is 0.330 e. The topological polar surface area (TPSA) is 281 Å². The number of unbranched alkanes of at least 4 members (excludes halogenated alkanes) is 2. The van der Waals surface area contributed by atoms with Gasteiger partial charge >= 0.3 is 24.0 Å². The van der Waals surface area contributed by atoms with Crippen LogP contribution in [0.5, 0.6) is 58.5 Å². The van der Waals surface area contributed by atoms with Crippen molar-refractivity contribution in [2.45, 2.75) is 68.9 Å². The Labute approximate surface area is 420 Å². The molecule has 0 radical (unpaired) electrons. The lowest BCUT2D eigenvalue weighted by molar-refractivity contribution is 0.397. The summed E-state index contributed by atoms with van der Waals surface area (Å²) >= 11 is 0. The first kappa shape index (κ1) is 51.0. The van der Waals surface area contributed by atoms with Gasteiger partial charge in [-0.2, -0.15) is 19.9 Å². The number of nitrogens with one attached hydrogen (secondary N) is 2. The van der Waals surface area contributed by atoms with Crippen molar-refractivity contribution in [3.05, 3.63) is 146 Å². The van der Waals surface area contributed by atoms with Crippen LogP contribution in [-0.2, 0) is 29.5 Å². The second-order valence-corrected chi connectivity index (χ2v) is 21.7. The Hall–Kier alpha value is -8.41. The molecule has 0 saturated carbocycles. The fourth-order valence-corrected chi connectivity index (χ4v) is 10.4. The molecular weight excluding hydrogens is 1000 g/mol. The van der Waals surface area contributed by atoms with Crippen molar-refractivity contribution in [2.75, 3.05) is 23.7 Å². The normalized spacial score (nSPS) is 11.6. The molecule has 0 spiro atoms. The van der Waals surface area contributed by atoms with Gasteiger partial charge in [-0.3, -0.25) is 0 Å². The lowest BCUT2D eigenvalue weighted by atomic mass is 10.3. The van der Waals surface area contributed by atoms with E-state index in [1.54, 1.807) is 0 Å². The van der Waals surface area contributed by atoms with Crippen LogP contribution in [0.4, 0.5) is 11.9 Å². The second-order valence-electron chi connectivity index (χ2n) is 15.8. The van der Waals surface area contributed by atoms with Crippen LogP contribution in [0.25, 0.3) is 0 Å². The van der Waals surface area contributed by atoms with Gasteiger partial charge in [0.1, 0.15) is 34.5 Å². The van der Waals surface area contributed by atoms with Gasteiger partial charge in [-0.25, -0.2) is 25.3 Å². The quantitative estimate of drug-likeness (QED) is 0.0460. The minimum atomic E-state index is -4.05. The predicted octanol–water partition coefficient (Wildman–Crippen LogP) is 9.56. The zero-order chi connectivity index (χ0) is 51.6. The van der Waals surface area contributed by atoms with Gasteiger partial charge in [0.15, 0.2) is 0 Å². The molecule has 376 valence electrons. The summed E-state index contributed by atoms with van der Waals surface area (Å²) < 4.78 is 104. The van der Waals surface area contributed by atoms with E-state index >= 15 is 0 Å². The van der Waals surface area contributed by atoms with E-state index in [0.717, 1.165) is 25.7 Å². The first-order valence-corrected chi connectivity index (χ1v) is 27.0. The molecule has 6 aromatic carbocycles. The van der Waals surface area contributed by atoms with Crippen LogP contribution in [-0.4, -0.2) is 78.5 Å². The summed E-state index contributed by atoms with van der Waals surface area (Å²) in [7, 11) is -11.8. The predicted molar refractivity (Wildman–Crippen MR) is 265 cm³/mol. The Bertz CT molecular complexity index is 3290. The zero-order valence-electron chi connectivity index (χ0n) is 39.0. The third-order valence-corrected chi connectivity index (χ3v) is 15.8. The largest absolute Gasteiger partial charge is 0.508 e. The van der Waals surface area contributed by atoms with E-state index in [4.69, 9.17) is 18.9 Å². The van der Waals surface area contributed by atoms with E-state index in [1.807, 2.05) is 13.8 Å². The molecule has 0 aliphatic carbocycles. The number of nitrogens with zero attached hydrogens (tertiary/aromatic N) is 6. The van der Waals surface area contributed by atoms with Crippen molar-refractivity contribution < 1.29 is 54.4 Å². The lowest BCUT2D eigenvalue weighted by Crippen LogP contribution is -2.08. The van der Waals surface area contributed by atoms with E-state index < -0.39 is 29.5 Å². The minimum Gasteiger partial charge on any atom is -0.508 e.